The lowest BCUT2D eigenvalue weighted by Crippen LogP contribution is -2.27. The van der Waals surface area contributed by atoms with Gasteiger partial charge >= 0.3 is 0 Å². The first-order chi connectivity index (χ1) is 9.65. The molecule has 8 nitrogen and oxygen atoms in total. The third-order valence-corrected chi connectivity index (χ3v) is 2.94. The van der Waals surface area contributed by atoms with Gasteiger partial charge in [0.1, 0.15) is 5.82 Å². The molecule has 0 aliphatic carbocycles. The van der Waals surface area contributed by atoms with Crippen LogP contribution in [0.25, 0.3) is 11.0 Å². The molecule has 0 spiro atoms. The Kier molecular flexibility index (Phi) is 4.34. The van der Waals surface area contributed by atoms with Gasteiger partial charge in [-0.1, -0.05) is 0 Å². The van der Waals surface area contributed by atoms with Crippen molar-refractivity contribution in [3.63, 3.8) is 0 Å². The maximum absolute atomic E-state index is 11.3. The molecular weight excluding hydrogens is 258 g/mol. The Bertz CT molecular complexity index is 595. The van der Waals surface area contributed by atoms with Crippen molar-refractivity contribution in [1.29, 1.82) is 0 Å². The minimum atomic E-state index is 0.00116. The van der Waals surface area contributed by atoms with E-state index in [-0.39, 0.29) is 5.91 Å². The SMILES string of the molecule is CCNc1nc(N(C)CCC(=O)NC)c2cn[nH]c2n1. The summed E-state index contributed by atoms with van der Waals surface area (Å²) < 4.78 is 0. The standard InChI is InChI=1S/C12H19N7O/c1-4-14-12-16-10-8(7-15-18-10)11(17-12)19(3)6-5-9(20)13-2/h7H,4-6H2,1-3H3,(H,13,20)(H2,14,15,16,17,18). The second kappa shape index (κ2) is 6.18. The number of anilines is 2. The van der Waals surface area contributed by atoms with Crippen LogP contribution in [0.2, 0.25) is 0 Å². The van der Waals surface area contributed by atoms with E-state index in [0.29, 0.717) is 24.6 Å². The number of aromatic nitrogens is 4. The summed E-state index contributed by atoms with van der Waals surface area (Å²) in [5.74, 6) is 1.30. The average molecular weight is 277 g/mol. The number of rotatable bonds is 6. The van der Waals surface area contributed by atoms with Gasteiger partial charge in [-0.15, -0.1) is 0 Å². The number of carbonyl (C=O) groups is 1. The van der Waals surface area contributed by atoms with Gasteiger partial charge < -0.3 is 15.5 Å². The molecule has 8 heteroatoms. The molecule has 0 atom stereocenters. The number of hydrogen-bond acceptors (Lipinski definition) is 6. The van der Waals surface area contributed by atoms with Gasteiger partial charge in [0.15, 0.2) is 5.65 Å². The Balaban J connectivity index is 2.26. The maximum atomic E-state index is 11.3. The molecule has 0 radical (unpaired) electrons. The first kappa shape index (κ1) is 14.0. The minimum absolute atomic E-state index is 0.00116. The molecule has 2 rings (SSSR count). The highest BCUT2D eigenvalue weighted by atomic mass is 16.1. The fourth-order valence-electron chi connectivity index (χ4n) is 1.85. The molecule has 0 saturated carbocycles. The molecule has 2 aromatic heterocycles. The monoisotopic (exact) mass is 277 g/mol. The third-order valence-electron chi connectivity index (χ3n) is 2.94. The number of carbonyl (C=O) groups excluding carboxylic acids is 1. The molecule has 0 fully saturated rings. The van der Waals surface area contributed by atoms with Gasteiger partial charge in [0, 0.05) is 33.6 Å². The highest BCUT2D eigenvalue weighted by molar-refractivity contribution is 5.87. The Morgan fingerprint density at radius 3 is 2.95 bits per heavy atom. The Hall–Kier alpha value is -2.38. The zero-order chi connectivity index (χ0) is 14.5. The second-order valence-corrected chi connectivity index (χ2v) is 4.38. The van der Waals surface area contributed by atoms with E-state index in [1.807, 2.05) is 18.9 Å². The number of aromatic amines is 1. The predicted molar refractivity (Wildman–Crippen MR) is 77.8 cm³/mol. The van der Waals surface area contributed by atoms with Crippen LogP contribution in [0.5, 0.6) is 0 Å². The number of fused-ring (bicyclic) bond motifs is 1. The van der Waals surface area contributed by atoms with E-state index in [0.717, 1.165) is 17.7 Å². The van der Waals surface area contributed by atoms with Crippen LogP contribution in [0.1, 0.15) is 13.3 Å². The zero-order valence-corrected chi connectivity index (χ0v) is 11.9. The fourth-order valence-corrected chi connectivity index (χ4v) is 1.85. The Labute approximate surface area is 117 Å². The van der Waals surface area contributed by atoms with Crippen LogP contribution in [-0.4, -0.2) is 53.3 Å². The van der Waals surface area contributed by atoms with Gasteiger partial charge in [0.2, 0.25) is 11.9 Å². The number of nitrogens with one attached hydrogen (secondary N) is 3. The van der Waals surface area contributed by atoms with Crippen molar-refractivity contribution in [3.8, 4) is 0 Å². The lowest BCUT2D eigenvalue weighted by Gasteiger charge is -2.19. The minimum Gasteiger partial charge on any atom is -0.359 e. The quantitative estimate of drug-likeness (QED) is 0.705. The van der Waals surface area contributed by atoms with E-state index >= 15 is 0 Å². The average Bonchev–Trinajstić information content (AvgIpc) is 2.92. The van der Waals surface area contributed by atoms with Crippen LogP contribution in [0.4, 0.5) is 11.8 Å². The highest BCUT2D eigenvalue weighted by Crippen LogP contribution is 2.22. The summed E-state index contributed by atoms with van der Waals surface area (Å²) in [7, 11) is 3.53. The molecule has 2 heterocycles. The van der Waals surface area contributed by atoms with Crippen molar-refractivity contribution in [2.24, 2.45) is 0 Å². The molecule has 108 valence electrons. The maximum Gasteiger partial charge on any atom is 0.226 e. The molecule has 0 aromatic carbocycles. The summed E-state index contributed by atoms with van der Waals surface area (Å²) >= 11 is 0. The van der Waals surface area contributed by atoms with Gasteiger partial charge in [-0.05, 0) is 6.92 Å². The van der Waals surface area contributed by atoms with E-state index in [4.69, 9.17) is 0 Å². The van der Waals surface area contributed by atoms with Gasteiger partial charge in [-0.3, -0.25) is 9.89 Å². The molecule has 0 unspecified atom stereocenters. The van der Waals surface area contributed by atoms with Gasteiger partial charge in [-0.25, -0.2) is 0 Å². The van der Waals surface area contributed by atoms with E-state index in [1.165, 1.54) is 0 Å². The number of amides is 1. The van der Waals surface area contributed by atoms with Crippen molar-refractivity contribution < 1.29 is 4.79 Å². The summed E-state index contributed by atoms with van der Waals surface area (Å²) in [6.07, 6.45) is 2.10. The summed E-state index contributed by atoms with van der Waals surface area (Å²) in [5, 5.41) is 13.4. The van der Waals surface area contributed by atoms with Crippen LogP contribution >= 0.6 is 0 Å². The van der Waals surface area contributed by atoms with Crippen LogP contribution in [0, 0.1) is 0 Å². The van der Waals surface area contributed by atoms with Gasteiger partial charge in [-0.2, -0.15) is 15.1 Å². The lowest BCUT2D eigenvalue weighted by molar-refractivity contribution is -0.120. The van der Waals surface area contributed by atoms with Crippen LogP contribution in [0.3, 0.4) is 0 Å². The molecule has 0 aliphatic heterocycles. The molecule has 0 bridgehead atoms. The van der Waals surface area contributed by atoms with Crippen LogP contribution in [-0.2, 0) is 4.79 Å². The van der Waals surface area contributed by atoms with Gasteiger partial charge in [0.05, 0.1) is 11.6 Å². The Morgan fingerprint density at radius 1 is 1.45 bits per heavy atom. The second-order valence-electron chi connectivity index (χ2n) is 4.38. The van der Waals surface area contributed by atoms with E-state index in [9.17, 15) is 4.79 Å². The summed E-state index contributed by atoms with van der Waals surface area (Å²) in [5.41, 5.74) is 0.678. The summed E-state index contributed by atoms with van der Waals surface area (Å²) in [6.45, 7) is 3.29. The molecule has 3 N–H and O–H groups in total. The van der Waals surface area contributed by atoms with E-state index in [1.54, 1.807) is 13.2 Å². The number of H-pyrrole nitrogens is 1. The van der Waals surface area contributed by atoms with Crippen molar-refractivity contribution in [1.82, 2.24) is 25.5 Å². The molecule has 2 aromatic rings. The van der Waals surface area contributed by atoms with Crippen molar-refractivity contribution in [3.05, 3.63) is 6.20 Å². The molecule has 20 heavy (non-hydrogen) atoms. The largest absolute Gasteiger partial charge is 0.359 e. The van der Waals surface area contributed by atoms with Crippen molar-refractivity contribution in [2.45, 2.75) is 13.3 Å². The van der Waals surface area contributed by atoms with E-state index < -0.39 is 0 Å². The van der Waals surface area contributed by atoms with E-state index in [2.05, 4.69) is 30.8 Å². The fraction of sp³-hybridized carbons (Fsp3) is 0.500. The molecule has 0 aliphatic rings. The molecule has 1 amide bonds. The predicted octanol–water partition coefficient (Wildman–Crippen LogP) is 0.357. The first-order valence-corrected chi connectivity index (χ1v) is 6.52. The van der Waals surface area contributed by atoms with Crippen LogP contribution < -0.4 is 15.5 Å². The van der Waals surface area contributed by atoms with Crippen molar-refractivity contribution in [2.75, 3.05) is 37.4 Å². The normalized spacial score (nSPS) is 10.6. The smallest absolute Gasteiger partial charge is 0.226 e. The Morgan fingerprint density at radius 2 is 2.25 bits per heavy atom. The zero-order valence-electron chi connectivity index (χ0n) is 11.9. The summed E-state index contributed by atoms with van der Waals surface area (Å²) in [6, 6.07) is 0. The van der Waals surface area contributed by atoms with Gasteiger partial charge in [0.25, 0.3) is 0 Å². The summed E-state index contributed by atoms with van der Waals surface area (Å²) in [4.78, 5) is 22.1. The van der Waals surface area contributed by atoms with Crippen LogP contribution in [0.15, 0.2) is 6.20 Å². The number of nitrogens with zero attached hydrogens (tertiary/aromatic N) is 4. The van der Waals surface area contributed by atoms with Crippen molar-refractivity contribution >= 4 is 28.7 Å². The first-order valence-electron chi connectivity index (χ1n) is 6.52. The molecular formula is C12H19N7O. The lowest BCUT2D eigenvalue weighted by atomic mass is 10.3. The topological polar surface area (TPSA) is 98.8 Å². The highest BCUT2D eigenvalue weighted by Gasteiger charge is 2.13. The third kappa shape index (κ3) is 2.95. The molecule has 0 saturated heterocycles. The number of hydrogen-bond donors (Lipinski definition) is 3.